The number of nitrogens with zero attached hydrogens (tertiary/aromatic N) is 2. The van der Waals surface area contributed by atoms with E-state index in [2.05, 4.69) is 4.99 Å². The van der Waals surface area contributed by atoms with Gasteiger partial charge in [0.15, 0.2) is 0 Å². The number of aliphatic imine (C=N–C) groups is 1. The van der Waals surface area contributed by atoms with E-state index in [-0.39, 0.29) is 6.54 Å². The van der Waals surface area contributed by atoms with Crippen LogP contribution in [0.3, 0.4) is 0 Å². The molecule has 0 unspecified atom stereocenters. The van der Waals surface area contributed by atoms with Gasteiger partial charge >= 0.3 is 5.97 Å². The van der Waals surface area contributed by atoms with E-state index >= 15 is 0 Å². The topological polar surface area (TPSA) is 52.9 Å². The fourth-order valence-corrected chi connectivity index (χ4v) is 1.49. The fourth-order valence-electron chi connectivity index (χ4n) is 1.49. The maximum atomic E-state index is 10.6. The lowest BCUT2D eigenvalue weighted by Gasteiger charge is -2.25. The van der Waals surface area contributed by atoms with Crippen LogP contribution in [0.1, 0.15) is 0 Å². The van der Waals surface area contributed by atoms with Gasteiger partial charge in [0, 0.05) is 6.21 Å². The SMILES string of the molecule is O=C(O)CN1CC=Nc2ccccc21. The maximum absolute atomic E-state index is 10.6. The number of anilines is 1. The average molecular weight is 190 g/mol. The third-order valence-electron chi connectivity index (χ3n) is 2.08. The van der Waals surface area contributed by atoms with Crippen LogP contribution in [0.2, 0.25) is 0 Å². The first-order valence-electron chi connectivity index (χ1n) is 4.35. The highest BCUT2D eigenvalue weighted by Crippen LogP contribution is 2.29. The molecule has 1 heterocycles. The van der Waals surface area contributed by atoms with Crippen LogP contribution in [0.4, 0.5) is 11.4 Å². The lowest BCUT2D eigenvalue weighted by molar-refractivity contribution is -0.135. The molecule has 4 nitrogen and oxygen atoms in total. The zero-order chi connectivity index (χ0) is 9.97. The summed E-state index contributed by atoms with van der Waals surface area (Å²) >= 11 is 0. The van der Waals surface area contributed by atoms with Crippen molar-refractivity contribution in [1.29, 1.82) is 0 Å². The molecule has 1 aliphatic heterocycles. The normalized spacial score (nSPS) is 13.9. The first-order valence-corrected chi connectivity index (χ1v) is 4.35. The second kappa shape index (κ2) is 3.49. The fraction of sp³-hybridized carbons (Fsp3) is 0.200. The minimum Gasteiger partial charge on any atom is -0.480 e. The molecule has 72 valence electrons. The Labute approximate surface area is 81.5 Å². The van der Waals surface area contributed by atoms with Crippen LogP contribution in [-0.2, 0) is 4.79 Å². The number of para-hydroxylation sites is 2. The first-order chi connectivity index (χ1) is 6.77. The highest BCUT2D eigenvalue weighted by atomic mass is 16.4. The summed E-state index contributed by atoms with van der Waals surface area (Å²) in [5.74, 6) is -0.824. The average Bonchev–Trinajstić information content (AvgIpc) is 2.18. The molecule has 0 bridgehead atoms. The molecule has 0 fully saturated rings. The molecule has 1 aromatic carbocycles. The molecule has 0 aliphatic carbocycles. The molecule has 0 saturated carbocycles. The van der Waals surface area contributed by atoms with Crippen molar-refractivity contribution in [1.82, 2.24) is 0 Å². The summed E-state index contributed by atoms with van der Waals surface area (Å²) in [6.07, 6.45) is 1.73. The number of carbonyl (C=O) groups is 1. The lowest BCUT2D eigenvalue weighted by Crippen LogP contribution is -2.32. The van der Waals surface area contributed by atoms with E-state index in [4.69, 9.17) is 5.11 Å². The predicted octanol–water partition coefficient (Wildman–Crippen LogP) is 1.29. The molecule has 1 aromatic rings. The Morgan fingerprint density at radius 3 is 3.07 bits per heavy atom. The minimum absolute atomic E-state index is 0.0169. The molecule has 0 saturated heterocycles. The largest absolute Gasteiger partial charge is 0.480 e. The Hall–Kier alpha value is -1.84. The van der Waals surface area contributed by atoms with Gasteiger partial charge in [0.1, 0.15) is 6.54 Å². The van der Waals surface area contributed by atoms with Crippen molar-refractivity contribution in [2.45, 2.75) is 0 Å². The summed E-state index contributed by atoms with van der Waals surface area (Å²) in [6, 6.07) is 7.53. The first kappa shape index (κ1) is 8.74. The van der Waals surface area contributed by atoms with Crippen molar-refractivity contribution >= 4 is 23.6 Å². The molecule has 0 atom stereocenters. The van der Waals surface area contributed by atoms with Crippen molar-refractivity contribution in [2.75, 3.05) is 18.0 Å². The molecule has 0 aromatic heterocycles. The highest BCUT2D eigenvalue weighted by molar-refractivity contribution is 5.85. The van der Waals surface area contributed by atoms with E-state index in [0.717, 1.165) is 11.4 Å². The van der Waals surface area contributed by atoms with Gasteiger partial charge in [0.2, 0.25) is 0 Å². The molecule has 0 amide bonds. The summed E-state index contributed by atoms with van der Waals surface area (Å²) in [4.78, 5) is 16.6. The Kier molecular flexibility index (Phi) is 2.18. The second-order valence-corrected chi connectivity index (χ2v) is 3.07. The number of benzene rings is 1. The van der Waals surface area contributed by atoms with Crippen LogP contribution >= 0.6 is 0 Å². The molecule has 0 radical (unpaired) electrons. The van der Waals surface area contributed by atoms with Crippen LogP contribution in [0.25, 0.3) is 0 Å². The summed E-state index contributed by atoms with van der Waals surface area (Å²) in [7, 11) is 0. The molecule has 4 heteroatoms. The quantitative estimate of drug-likeness (QED) is 0.764. The molecule has 14 heavy (non-hydrogen) atoms. The third-order valence-corrected chi connectivity index (χ3v) is 2.08. The second-order valence-electron chi connectivity index (χ2n) is 3.07. The van der Waals surface area contributed by atoms with Gasteiger partial charge in [-0.15, -0.1) is 0 Å². The van der Waals surface area contributed by atoms with Gasteiger partial charge in [-0.3, -0.25) is 9.79 Å². The summed E-state index contributed by atoms with van der Waals surface area (Å²) < 4.78 is 0. The van der Waals surface area contributed by atoms with E-state index in [1.165, 1.54) is 0 Å². The van der Waals surface area contributed by atoms with Crippen molar-refractivity contribution in [2.24, 2.45) is 4.99 Å². The summed E-state index contributed by atoms with van der Waals surface area (Å²) in [5, 5.41) is 8.71. The Balaban J connectivity index is 2.31. The molecule has 1 aliphatic rings. The number of fused-ring (bicyclic) bond motifs is 1. The molecule has 2 rings (SSSR count). The van der Waals surface area contributed by atoms with Crippen LogP contribution in [0.15, 0.2) is 29.3 Å². The van der Waals surface area contributed by atoms with Gasteiger partial charge in [-0.1, -0.05) is 12.1 Å². The predicted molar refractivity (Wildman–Crippen MR) is 54.4 cm³/mol. The van der Waals surface area contributed by atoms with E-state index in [0.29, 0.717) is 6.54 Å². The lowest BCUT2D eigenvalue weighted by atomic mass is 10.2. The number of aliphatic carboxylic acids is 1. The molecule has 1 N–H and O–H groups in total. The number of hydrogen-bond donors (Lipinski definition) is 1. The summed E-state index contributed by atoms with van der Waals surface area (Å²) in [5.41, 5.74) is 1.72. The number of carboxylic acid groups (broad SMARTS) is 1. The Morgan fingerprint density at radius 1 is 1.50 bits per heavy atom. The van der Waals surface area contributed by atoms with E-state index < -0.39 is 5.97 Å². The van der Waals surface area contributed by atoms with Crippen LogP contribution in [0, 0.1) is 0 Å². The number of hydrogen-bond acceptors (Lipinski definition) is 3. The van der Waals surface area contributed by atoms with Crippen LogP contribution < -0.4 is 4.90 Å². The van der Waals surface area contributed by atoms with Crippen molar-refractivity contribution in [3.05, 3.63) is 24.3 Å². The number of carboxylic acids is 1. The monoisotopic (exact) mass is 190 g/mol. The standard InChI is InChI=1S/C10H10N2O2/c13-10(14)7-12-6-5-11-8-3-1-2-4-9(8)12/h1-5H,6-7H2,(H,13,14). The number of rotatable bonds is 2. The molecule has 0 spiro atoms. The zero-order valence-corrected chi connectivity index (χ0v) is 7.55. The molecular weight excluding hydrogens is 180 g/mol. The van der Waals surface area contributed by atoms with E-state index in [1.807, 2.05) is 24.3 Å². The van der Waals surface area contributed by atoms with Gasteiger partial charge in [0.05, 0.1) is 17.9 Å². The van der Waals surface area contributed by atoms with Crippen LogP contribution in [0.5, 0.6) is 0 Å². The van der Waals surface area contributed by atoms with Gasteiger partial charge < -0.3 is 10.0 Å². The Morgan fingerprint density at radius 2 is 2.29 bits per heavy atom. The smallest absolute Gasteiger partial charge is 0.323 e. The maximum Gasteiger partial charge on any atom is 0.323 e. The van der Waals surface area contributed by atoms with Crippen molar-refractivity contribution < 1.29 is 9.90 Å². The summed E-state index contributed by atoms with van der Waals surface area (Å²) in [6.45, 7) is 0.576. The van der Waals surface area contributed by atoms with E-state index in [1.54, 1.807) is 11.1 Å². The van der Waals surface area contributed by atoms with Crippen LogP contribution in [-0.4, -0.2) is 30.4 Å². The van der Waals surface area contributed by atoms with Crippen molar-refractivity contribution in [3.8, 4) is 0 Å². The van der Waals surface area contributed by atoms with Gasteiger partial charge in [-0.2, -0.15) is 0 Å². The minimum atomic E-state index is -0.824. The van der Waals surface area contributed by atoms with Gasteiger partial charge in [-0.05, 0) is 12.1 Å². The highest BCUT2D eigenvalue weighted by Gasteiger charge is 2.15. The molecular formula is C10H10N2O2. The third kappa shape index (κ3) is 1.59. The zero-order valence-electron chi connectivity index (χ0n) is 7.55. The Bertz CT molecular complexity index is 387. The van der Waals surface area contributed by atoms with Crippen molar-refractivity contribution in [3.63, 3.8) is 0 Å². The van der Waals surface area contributed by atoms with Gasteiger partial charge in [0.25, 0.3) is 0 Å². The van der Waals surface area contributed by atoms with E-state index in [9.17, 15) is 4.79 Å². The van der Waals surface area contributed by atoms with Gasteiger partial charge in [-0.25, -0.2) is 0 Å².